The van der Waals surface area contributed by atoms with Gasteiger partial charge < -0.3 is 5.32 Å². The van der Waals surface area contributed by atoms with Crippen LogP contribution < -0.4 is 5.32 Å². The van der Waals surface area contributed by atoms with Gasteiger partial charge in [-0.1, -0.05) is 15.9 Å². The van der Waals surface area contributed by atoms with Gasteiger partial charge >= 0.3 is 0 Å². The van der Waals surface area contributed by atoms with Gasteiger partial charge in [-0.25, -0.2) is 18.7 Å². The van der Waals surface area contributed by atoms with Crippen LogP contribution in [0.4, 0.5) is 20.3 Å². The molecule has 0 aliphatic carbocycles. The first-order chi connectivity index (χ1) is 12.9. The summed E-state index contributed by atoms with van der Waals surface area (Å²) in [6.45, 7) is 3.84. The van der Waals surface area contributed by atoms with Crippen LogP contribution in [0.15, 0.2) is 53.3 Å². The molecule has 2 aromatic carbocycles. The fourth-order valence-corrected chi connectivity index (χ4v) is 3.41. The highest BCUT2D eigenvalue weighted by Gasteiger charge is 2.18. The third-order valence-corrected chi connectivity index (χ3v) is 5.03. The van der Waals surface area contributed by atoms with Crippen molar-refractivity contribution in [2.75, 3.05) is 5.32 Å². The highest BCUT2D eigenvalue weighted by atomic mass is 79.9. The molecular formula is C20H15BrF2N4. The topological polar surface area (TPSA) is 42.7 Å². The molecule has 0 radical (unpaired) electrons. The smallest absolute Gasteiger partial charge is 0.150 e. The van der Waals surface area contributed by atoms with Gasteiger partial charge in [-0.15, -0.1) is 0 Å². The number of fused-ring (bicyclic) bond motifs is 1. The van der Waals surface area contributed by atoms with Crippen molar-refractivity contribution in [2.45, 2.75) is 13.8 Å². The molecule has 0 bridgehead atoms. The second-order valence-corrected chi connectivity index (χ2v) is 7.14. The van der Waals surface area contributed by atoms with Crippen LogP contribution in [0.25, 0.3) is 16.7 Å². The van der Waals surface area contributed by atoms with E-state index in [2.05, 4.69) is 31.2 Å². The van der Waals surface area contributed by atoms with E-state index < -0.39 is 11.6 Å². The molecule has 0 atom stereocenters. The lowest BCUT2D eigenvalue weighted by Gasteiger charge is -2.09. The molecule has 27 heavy (non-hydrogen) atoms. The molecule has 0 saturated heterocycles. The Hall–Kier alpha value is -2.80. The maximum absolute atomic E-state index is 13.7. The first-order valence-corrected chi connectivity index (χ1v) is 9.05. The van der Waals surface area contributed by atoms with Crippen LogP contribution in [0.5, 0.6) is 0 Å². The summed E-state index contributed by atoms with van der Waals surface area (Å²) in [5.74, 6) is -0.629. The van der Waals surface area contributed by atoms with Gasteiger partial charge in [0.05, 0.1) is 11.1 Å². The summed E-state index contributed by atoms with van der Waals surface area (Å²) in [5, 5.41) is 4.10. The van der Waals surface area contributed by atoms with Crippen LogP contribution in [0, 0.1) is 25.5 Å². The third kappa shape index (κ3) is 3.19. The maximum atomic E-state index is 13.7. The molecule has 7 heteroatoms. The van der Waals surface area contributed by atoms with Crippen LogP contribution in [0.2, 0.25) is 0 Å². The minimum Gasteiger partial charge on any atom is -0.340 e. The van der Waals surface area contributed by atoms with Crippen LogP contribution in [-0.4, -0.2) is 14.5 Å². The lowest BCUT2D eigenvalue weighted by molar-refractivity contribution is 0.581. The summed E-state index contributed by atoms with van der Waals surface area (Å²) < 4.78 is 30.2. The van der Waals surface area contributed by atoms with Crippen molar-refractivity contribution in [3.05, 3.63) is 76.2 Å². The molecule has 0 amide bonds. The number of hydrogen-bond donors (Lipinski definition) is 1. The van der Waals surface area contributed by atoms with Gasteiger partial charge in [-0.3, -0.25) is 4.57 Å². The van der Waals surface area contributed by atoms with Crippen LogP contribution in [-0.2, 0) is 0 Å². The molecule has 136 valence electrons. The number of nitrogens with one attached hydrogen (secondary N) is 1. The summed E-state index contributed by atoms with van der Waals surface area (Å²) in [6, 6.07) is 11.2. The van der Waals surface area contributed by atoms with Gasteiger partial charge in [0, 0.05) is 21.9 Å². The Morgan fingerprint density at radius 2 is 1.63 bits per heavy atom. The zero-order chi connectivity index (χ0) is 19.1. The molecule has 0 unspecified atom stereocenters. The molecule has 4 nitrogen and oxygen atoms in total. The molecule has 0 spiro atoms. The largest absolute Gasteiger partial charge is 0.340 e. The van der Waals surface area contributed by atoms with Crippen LogP contribution in [0.3, 0.4) is 0 Å². The van der Waals surface area contributed by atoms with E-state index in [4.69, 9.17) is 0 Å². The summed E-state index contributed by atoms with van der Waals surface area (Å²) in [7, 11) is 0. The van der Waals surface area contributed by atoms with E-state index in [0.29, 0.717) is 17.2 Å². The van der Waals surface area contributed by atoms with Crippen molar-refractivity contribution in [1.29, 1.82) is 0 Å². The summed E-state index contributed by atoms with van der Waals surface area (Å²) in [4.78, 5) is 8.75. The minimum atomic E-state index is -0.633. The standard InChI is InChI=1S/C20H15BrF2N4/c1-11-12(2)27(17-8-14(22)7-15(23)9-17)20-18(11)19(24-10-25-20)26-16-5-3-13(21)4-6-16/h3-10H,1-2H3,(H,24,25,26). The second-order valence-electron chi connectivity index (χ2n) is 6.23. The van der Waals surface area contributed by atoms with Gasteiger partial charge in [-0.05, 0) is 55.8 Å². The number of aryl methyl sites for hydroxylation is 1. The Bertz CT molecular complexity index is 1130. The average Bonchev–Trinajstić information content (AvgIpc) is 2.88. The van der Waals surface area contributed by atoms with Gasteiger partial charge in [-0.2, -0.15) is 0 Å². The summed E-state index contributed by atoms with van der Waals surface area (Å²) in [6.07, 6.45) is 1.44. The molecule has 1 N–H and O–H groups in total. The third-order valence-electron chi connectivity index (χ3n) is 4.50. The van der Waals surface area contributed by atoms with E-state index in [1.54, 1.807) is 4.57 Å². The highest BCUT2D eigenvalue weighted by Crippen LogP contribution is 2.33. The Balaban J connectivity index is 1.90. The Morgan fingerprint density at radius 3 is 2.30 bits per heavy atom. The first kappa shape index (κ1) is 17.6. The van der Waals surface area contributed by atoms with Crippen LogP contribution >= 0.6 is 15.9 Å². The Morgan fingerprint density at radius 1 is 0.963 bits per heavy atom. The summed E-state index contributed by atoms with van der Waals surface area (Å²) in [5.41, 5.74) is 3.63. The van der Waals surface area contributed by atoms with Crippen molar-refractivity contribution >= 4 is 38.5 Å². The molecule has 2 heterocycles. The number of nitrogens with zero attached hydrogens (tertiary/aromatic N) is 3. The van der Waals surface area contributed by atoms with E-state index >= 15 is 0 Å². The number of aromatic nitrogens is 3. The SMILES string of the molecule is Cc1c(C)n(-c2cc(F)cc(F)c2)c2ncnc(Nc3ccc(Br)cc3)c12. The number of hydrogen-bond acceptors (Lipinski definition) is 3. The van der Waals surface area contributed by atoms with Crippen molar-refractivity contribution < 1.29 is 8.78 Å². The average molecular weight is 429 g/mol. The molecular weight excluding hydrogens is 414 g/mol. The molecule has 4 aromatic rings. The van der Waals surface area contributed by atoms with E-state index in [1.165, 1.54) is 18.5 Å². The van der Waals surface area contributed by atoms with E-state index in [9.17, 15) is 8.78 Å². The molecule has 0 fully saturated rings. The quantitative estimate of drug-likeness (QED) is 0.446. The molecule has 0 saturated carbocycles. The van der Waals surface area contributed by atoms with E-state index in [-0.39, 0.29) is 0 Å². The molecule has 0 aliphatic rings. The zero-order valence-electron chi connectivity index (χ0n) is 14.6. The number of benzene rings is 2. The minimum absolute atomic E-state index is 0.386. The van der Waals surface area contributed by atoms with E-state index in [1.807, 2.05) is 38.1 Å². The first-order valence-electron chi connectivity index (χ1n) is 8.25. The van der Waals surface area contributed by atoms with Gasteiger partial charge in [0.15, 0.2) is 5.65 Å². The lowest BCUT2D eigenvalue weighted by Crippen LogP contribution is -2.01. The molecule has 4 rings (SSSR count). The van der Waals surface area contributed by atoms with Gasteiger partial charge in [0.1, 0.15) is 23.8 Å². The van der Waals surface area contributed by atoms with Crippen molar-refractivity contribution in [2.24, 2.45) is 0 Å². The number of halogens is 3. The lowest BCUT2D eigenvalue weighted by atomic mass is 10.2. The predicted molar refractivity (Wildman–Crippen MR) is 106 cm³/mol. The fraction of sp³-hybridized carbons (Fsp3) is 0.100. The Labute approximate surface area is 163 Å². The Kier molecular flexibility index (Phi) is 4.39. The van der Waals surface area contributed by atoms with Crippen molar-refractivity contribution in [3.8, 4) is 5.69 Å². The second kappa shape index (κ2) is 6.74. The zero-order valence-corrected chi connectivity index (χ0v) is 16.2. The van der Waals surface area contributed by atoms with Crippen molar-refractivity contribution in [1.82, 2.24) is 14.5 Å². The van der Waals surface area contributed by atoms with Crippen molar-refractivity contribution in [3.63, 3.8) is 0 Å². The predicted octanol–water partition coefficient (Wildman–Crippen LogP) is 5.82. The number of anilines is 2. The van der Waals surface area contributed by atoms with E-state index in [0.717, 1.165) is 32.9 Å². The molecule has 0 aliphatic heterocycles. The maximum Gasteiger partial charge on any atom is 0.150 e. The normalized spacial score (nSPS) is 11.1. The molecule has 2 aromatic heterocycles. The van der Waals surface area contributed by atoms with Gasteiger partial charge in [0.25, 0.3) is 0 Å². The van der Waals surface area contributed by atoms with Crippen LogP contribution in [0.1, 0.15) is 11.3 Å². The monoisotopic (exact) mass is 428 g/mol. The van der Waals surface area contributed by atoms with Gasteiger partial charge in [0.2, 0.25) is 0 Å². The fourth-order valence-electron chi connectivity index (χ4n) is 3.15. The number of rotatable bonds is 3. The highest BCUT2D eigenvalue weighted by molar-refractivity contribution is 9.10. The summed E-state index contributed by atoms with van der Waals surface area (Å²) >= 11 is 3.41.